The van der Waals surface area contributed by atoms with Gasteiger partial charge in [-0.1, -0.05) is 30.3 Å². The Bertz CT molecular complexity index is 344. The highest BCUT2D eigenvalue weighted by Gasteiger charge is 2.29. The lowest BCUT2D eigenvalue weighted by molar-refractivity contribution is -0.889. The summed E-state index contributed by atoms with van der Waals surface area (Å²) in [4.78, 5) is 12.0. The average molecular weight is 284 g/mol. The molecular weight excluding hydrogens is 266 g/mol. The zero-order chi connectivity index (χ0) is 10.7. The van der Waals surface area contributed by atoms with Crippen molar-refractivity contribution < 1.29 is 26.3 Å². The van der Waals surface area contributed by atoms with E-state index in [0.717, 1.165) is 23.1 Å². The first-order valence-electron chi connectivity index (χ1n) is 5.61. The fourth-order valence-corrected chi connectivity index (χ4v) is 2.32. The van der Waals surface area contributed by atoms with Crippen LogP contribution in [-0.2, 0) is 0 Å². The van der Waals surface area contributed by atoms with E-state index >= 15 is 0 Å². The van der Waals surface area contributed by atoms with Crippen LogP contribution in [0, 0.1) is 0 Å². The number of quaternary nitrogens is 1. The lowest BCUT2D eigenvalue weighted by atomic mass is 10.1. The number of likely N-dealkylation sites (tertiary alicyclic amines) is 1. The number of ketones is 1. The molecule has 1 aliphatic heterocycles. The SMILES string of the molecule is C[N+]1(CC(=O)c2ccccc2)CCCC1.[Br-]. The molecule has 2 rings (SSSR count). The number of carbonyl (C=O) groups is 1. The molecule has 0 N–H and O–H groups in total. The van der Waals surface area contributed by atoms with Crippen LogP contribution < -0.4 is 17.0 Å². The number of Topliss-reactive ketones (excluding diaryl/α,β-unsaturated/α-hetero) is 1. The van der Waals surface area contributed by atoms with E-state index in [2.05, 4.69) is 7.05 Å². The van der Waals surface area contributed by atoms with Gasteiger partial charge >= 0.3 is 0 Å². The first-order chi connectivity index (χ1) is 7.20. The van der Waals surface area contributed by atoms with Crippen LogP contribution in [0.25, 0.3) is 0 Å². The Kier molecular flexibility index (Phi) is 4.69. The summed E-state index contributed by atoms with van der Waals surface area (Å²) in [5.74, 6) is 0.278. The largest absolute Gasteiger partial charge is 1.00 e. The van der Waals surface area contributed by atoms with Crippen LogP contribution in [0.4, 0.5) is 0 Å². The Balaban J connectivity index is 0.00000128. The molecule has 16 heavy (non-hydrogen) atoms. The third-order valence-corrected chi connectivity index (χ3v) is 3.27. The summed E-state index contributed by atoms with van der Waals surface area (Å²) < 4.78 is 0.924. The zero-order valence-corrected chi connectivity index (χ0v) is 11.2. The molecule has 88 valence electrons. The summed E-state index contributed by atoms with van der Waals surface area (Å²) in [6, 6.07) is 9.62. The lowest BCUT2D eigenvalue weighted by Gasteiger charge is -2.28. The van der Waals surface area contributed by atoms with Crippen molar-refractivity contribution in [3.63, 3.8) is 0 Å². The quantitative estimate of drug-likeness (QED) is 0.520. The second-order valence-corrected chi connectivity index (χ2v) is 4.72. The Hall–Kier alpha value is -0.670. The van der Waals surface area contributed by atoms with Gasteiger partial charge < -0.3 is 21.5 Å². The summed E-state index contributed by atoms with van der Waals surface area (Å²) in [7, 11) is 2.19. The lowest BCUT2D eigenvalue weighted by Crippen LogP contribution is -3.00. The van der Waals surface area contributed by atoms with Crippen LogP contribution in [0.1, 0.15) is 23.2 Å². The van der Waals surface area contributed by atoms with Gasteiger partial charge in [-0.2, -0.15) is 0 Å². The van der Waals surface area contributed by atoms with E-state index in [1.54, 1.807) is 0 Å². The fraction of sp³-hybridized carbons (Fsp3) is 0.462. The minimum atomic E-state index is 0. The molecule has 0 atom stereocenters. The van der Waals surface area contributed by atoms with E-state index in [1.807, 2.05) is 30.3 Å². The minimum Gasteiger partial charge on any atom is -1.00 e. The molecule has 1 aromatic rings. The van der Waals surface area contributed by atoms with Crippen LogP contribution in [0.15, 0.2) is 30.3 Å². The normalized spacial score (nSPS) is 17.8. The van der Waals surface area contributed by atoms with Gasteiger partial charge in [-0.3, -0.25) is 4.79 Å². The van der Waals surface area contributed by atoms with Crippen molar-refractivity contribution in [1.29, 1.82) is 0 Å². The van der Waals surface area contributed by atoms with Crippen molar-refractivity contribution in [2.45, 2.75) is 12.8 Å². The van der Waals surface area contributed by atoms with Crippen molar-refractivity contribution in [2.75, 3.05) is 26.7 Å². The highest BCUT2D eigenvalue weighted by Crippen LogP contribution is 2.17. The molecule has 0 amide bonds. The molecule has 1 fully saturated rings. The van der Waals surface area contributed by atoms with Gasteiger partial charge in [0.15, 0.2) is 0 Å². The minimum absolute atomic E-state index is 0. The third-order valence-electron chi connectivity index (χ3n) is 3.27. The van der Waals surface area contributed by atoms with E-state index in [1.165, 1.54) is 12.8 Å². The first kappa shape index (κ1) is 13.4. The molecule has 0 radical (unpaired) electrons. The molecule has 0 unspecified atom stereocenters. The smallest absolute Gasteiger partial charge is 0.216 e. The number of halogens is 1. The van der Waals surface area contributed by atoms with E-state index in [9.17, 15) is 4.79 Å². The van der Waals surface area contributed by atoms with Crippen molar-refractivity contribution in [1.82, 2.24) is 0 Å². The number of rotatable bonds is 3. The summed E-state index contributed by atoms with van der Waals surface area (Å²) in [6.45, 7) is 2.96. The second kappa shape index (κ2) is 5.60. The van der Waals surface area contributed by atoms with Crippen molar-refractivity contribution in [3.05, 3.63) is 35.9 Å². The van der Waals surface area contributed by atoms with Crippen LogP contribution >= 0.6 is 0 Å². The molecule has 0 bridgehead atoms. The summed E-state index contributed by atoms with van der Waals surface area (Å²) in [5.41, 5.74) is 0.851. The first-order valence-corrected chi connectivity index (χ1v) is 5.61. The number of carbonyl (C=O) groups excluding carboxylic acids is 1. The maximum Gasteiger partial charge on any atom is 0.216 e. The molecule has 0 aromatic heterocycles. The van der Waals surface area contributed by atoms with Crippen LogP contribution in [0.5, 0.6) is 0 Å². The fourth-order valence-electron chi connectivity index (χ4n) is 2.32. The average Bonchev–Trinajstić information content (AvgIpc) is 2.66. The van der Waals surface area contributed by atoms with Gasteiger partial charge in [0.05, 0.1) is 20.1 Å². The predicted molar refractivity (Wildman–Crippen MR) is 60.8 cm³/mol. The van der Waals surface area contributed by atoms with Crippen molar-refractivity contribution >= 4 is 5.78 Å². The Morgan fingerprint density at radius 3 is 2.31 bits per heavy atom. The molecule has 0 saturated carbocycles. The van der Waals surface area contributed by atoms with E-state index < -0.39 is 0 Å². The molecule has 1 saturated heterocycles. The van der Waals surface area contributed by atoms with Crippen molar-refractivity contribution in [3.8, 4) is 0 Å². The highest BCUT2D eigenvalue weighted by molar-refractivity contribution is 5.96. The van der Waals surface area contributed by atoms with Gasteiger partial charge in [-0.25, -0.2) is 0 Å². The monoisotopic (exact) mass is 283 g/mol. The molecule has 0 aliphatic carbocycles. The van der Waals surface area contributed by atoms with Crippen LogP contribution in [0.3, 0.4) is 0 Å². The third kappa shape index (κ3) is 3.16. The standard InChI is InChI=1S/C13H18NO.BrH/c1-14(9-5-6-10-14)11-13(15)12-7-3-2-4-8-12;/h2-4,7-8H,5-6,9-11H2,1H3;1H/q+1;/p-1. The number of nitrogens with zero attached hydrogens (tertiary/aromatic N) is 1. The van der Waals surface area contributed by atoms with Gasteiger partial charge in [0.2, 0.25) is 5.78 Å². The number of likely N-dealkylation sites (N-methyl/N-ethyl adjacent to an activating group) is 1. The molecule has 1 aliphatic rings. The van der Waals surface area contributed by atoms with Crippen molar-refractivity contribution in [2.24, 2.45) is 0 Å². The molecule has 3 heteroatoms. The number of hydrogen-bond acceptors (Lipinski definition) is 1. The van der Waals surface area contributed by atoms with Gasteiger partial charge in [0, 0.05) is 18.4 Å². The van der Waals surface area contributed by atoms with E-state index in [4.69, 9.17) is 0 Å². The maximum absolute atomic E-state index is 12.0. The predicted octanol–water partition coefficient (Wildman–Crippen LogP) is -0.886. The van der Waals surface area contributed by atoms with E-state index in [-0.39, 0.29) is 22.8 Å². The summed E-state index contributed by atoms with van der Waals surface area (Å²) in [6.07, 6.45) is 2.52. The maximum atomic E-state index is 12.0. The Morgan fingerprint density at radius 2 is 1.75 bits per heavy atom. The van der Waals surface area contributed by atoms with Gasteiger partial charge in [0.1, 0.15) is 6.54 Å². The van der Waals surface area contributed by atoms with Crippen LogP contribution in [-0.4, -0.2) is 36.9 Å². The second-order valence-electron chi connectivity index (χ2n) is 4.72. The topological polar surface area (TPSA) is 17.1 Å². The highest BCUT2D eigenvalue weighted by atomic mass is 79.9. The molecule has 1 aromatic carbocycles. The molecule has 2 nitrogen and oxygen atoms in total. The van der Waals surface area contributed by atoms with Gasteiger partial charge in [-0.05, 0) is 0 Å². The van der Waals surface area contributed by atoms with E-state index in [0.29, 0.717) is 6.54 Å². The number of benzene rings is 1. The van der Waals surface area contributed by atoms with Gasteiger partial charge in [-0.15, -0.1) is 0 Å². The summed E-state index contributed by atoms with van der Waals surface area (Å²) in [5, 5.41) is 0. The molecular formula is C13H18BrNO. The Labute approximate surface area is 108 Å². The Morgan fingerprint density at radius 1 is 1.19 bits per heavy atom. The summed E-state index contributed by atoms with van der Waals surface area (Å²) >= 11 is 0. The number of hydrogen-bond donors (Lipinski definition) is 0. The molecule has 0 spiro atoms. The van der Waals surface area contributed by atoms with Crippen LogP contribution in [0.2, 0.25) is 0 Å². The zero-order valence-electron chi connectivity index (χ0n) is 9.66. The molecule has 1 heterocycles. The van der Waals surface area contributed by atoms with Gasteiger partial charge in [0.25, 0.3) is 0 Å².